The first kappa shape index (κ1) is 15.0. The predicted molar refractivity (Wildman–Crippen MR) is 75.0 cm³/mol. The van der Waals surface area contributed by atoms with Crippen LogP contribution >= 0.6 is 11.8 Å². The third kappa shape index (κ3) is 3.38. The number of nitro groups is 1. The van der Waals surface area contributed by atoms with E-state index < -0.39 is 22.4 Å². The molecule has 21 heavy (non-hydrogen) atoms. The van der Waals surface area contributed by atoms with Crippen LogP contribution in [0.15, 0.2) is 52.3 Å². The van der Waals surface area contributed by atoms with E-state index in [0.29, 0.717) is 0 Å². The number of nitro benzene ring substituents is 1. The van der Waals surface area contributed by atoms with Gasteiger partial charge in [-0.05, 0) is 18.2 Å². The van der Waals surface area contributed by atoms with Crippen molar-refractivity contribution >= 4 is 23.4 Å². The fraction of sp³-hybridized carbons (Fsp3) is 0.0714. The van der Waals surface area contributed by atoms with E-state index in [1.807, 2.05) is 6.07 Å². The summed E-state index contributed by atoms with van der Waals surface area (Å²) in [5.41, 5.74) is -0.726. The predicted octanol–water partition coefficient (Wildman–Crippen LogP) is 3.67. The lowest BCUT2D eigenvalue weighted by molar-refractivity contribution is -0.387. The van der Waals surface area contributed by atoms with Gasteiger partial charge in [-0.15, -0.1) is 0 Å². The first-order chi connectivity index (χ1) is 10.0. The molecule has 0 spiro atoms. The molecule has 0 amide bonds. The van der Waals surface area contributed by atoms with Crippen molar-refractivity contribution in [2.75, 3.05) is 7.11 Å². The Bertz CT molecular complexity index is 691. The number of carbonyl (C=O) groups excluding carboxylic acids is 1. The number of nitrogens with zero attached hydrogens (tertiary/aromatic N) is 1. The van der Waals surface area contributed by atoms with Crippen LogP contribution in [0, 0.1) is 15.9 Å². The molecule has 7 heteroatoms. The molecule has 0 saturated heterocycles. The van der Waals surface area contributed by atoms with Crippen molar-refractivity contribution in [3.63, 3.8) is 0 Å². The van der Waals surface area contributed by atoms with E-state index >= 15 is 0 Å². The smallest absolute Gasteiger partial charge is 0.340 e. The molecule has 108 valence electrons. The summed E-state index contributed by atoms with van der Waals surface area (Å²) >= 11 is 1.08. The van der Waals surface area contributed by atoms with E-state index in [2.05, 4.69) is 4.74 Å². The molecule has 2 aromatic rings. The van der Waals surface area contributed by atoms with E-state index in [1.54, 1.807) is 24.3 Å². The molecule has 0 aliphatic rings. The molecule has 0 fully saturated rings. The summed E-state index contributed by atoms with van der Waals surface area (Å²) in [5.74, 6) is -1.86. The van der Waals surface area contributed by atoms with Crippen LogP contribution in [0.2, 0.25) is 0 Å². The Hall–Kier alpha value is -2.41. The summed E-state index contributed by atoms with van der Waals surface area (Å²) in [4.78, 5) is 22.7. The Labute approximate surface area is 123 Å². The van der Waals surface area contributed by atoms with Crippen LogP contribution in [0.5, 0.6) is 0 Å². The number of halogens is 1. The van der Waals surface area contributed by atoms with Gasteiger partial charge in [0.2, 0.25) is 0 Å². The van der Waals surface area contributed by atoms with Crippen molar-refractivity contribution in [1.29, 1.82) is 0 Å². The number of carbonyl (C=O) groups is 1. The molecule has 0 N–H and O–H groups in total. The Morgan fingerprint density at radius 3 is 2.52 bits per heavy atom. The van der Waals surface area contributed by atoms with Gasteiger partial charge in [-0.25, -0.2) is 9.18 Å². The maximum absolute atomic E-state index is 13.8. The van der Waals surface area contributed by atoms with Gasteiger partial charge in [-0.1, -0.05) is 30.0 Å². The van der Waals surface area contributed by atoms with Gasteiger partial charge in [-0.2, -0.15) is 0 Å². The van der Waals surface area contributed by atoms with Crippen LogP contribution in [0.3, 0.4) is 0 Å². The third-order valence-corrected chi connectivity index (χ3v) is 3.68. The maximum Gasteiger partial charge on any atom is 0.340 e. The summed E-state index contributed by atoms with van der Waals surface area (Å²) in [6.45, 7) is 0. The lowest BCUT2D eigenvalue weighted by Gasteiger charge is -2.06. The van der Waals surface area contributed by atoms with Gasteiger partial charge in [0.05, 0.1) is 28.6 Å². The number of hydrogen-bond donors (Lipinski definition) is 0. The summed E-state index contributed by atoms with van der Waals surface area (Å²) in [5, 5.41) is 11.0. The van der Waals surface area contributed by atoms with Gasteiger partial charge in [0.1, 0.15) is 5.82 Å². The minimum Gasteiger partial charge on any atom is -0.465 e. The zero-order valence-corrected chi connectivity index (χ0v) is 11.7. The highest BCUT2D eigenvalue weighted by molar-refractivity contribution is 7.99. The molecule has 2 rings (SSSR count). The van der Waals surface area contributed by atoms with E-state index in [9.17, 15) is 19.3 Å². The van der Waals surface area contributed by atoms with Crippen molar-refractivity contribution in [2.24, 2.45) is 0 Å². The molecule has 0 bridgehead atoms. The number of ether oxygens (including phenoxy) is 1. The highest BCUT2D eigenvalue weighted by Crippen LogP contribution is 2.36. The van der Waals surface area contributed by atoms with Gasteiger partial charge in [-0.3, -0.25) is 10.1 Å². The zero-order chi connectivity index (χ0) is 15.4. The lowest BCUT2D eigenvalue weighted by atomic mass is 10.2. The summed E-state index contributed by atoms with van der Waals surface area (Å²) in [6.07, 6.45) is 0. The first-order valence-electron chi connectivity index (χ1n) is 5.82. The Morgan fingerprint density at radius 1 is 1.29 bits per heavy atom. The van der Waals surface area contributed by atoms with Gasteiger partial charge in [0.15, 0.2) is 0 Å². The topological polar surface area (TPSA) is 69.4 Å². The Morgan fingerprint density at radius 2 is 1.95 bits per heavy atom. The van der Waals surface area contributed by atoms with Crippen LogP contribution < -0.4 is 0 Å². The van der Waals surface area contributed by atoms with Crippen LogP contribution in [0.1, 0.15) is 10.4 Å². The van der Waals surface area contributed by atoms with Crippen LogP contribution in [-0.2, 0) is 4.74 Å². The van der Waals surface area contributed by atoms with E-state index in [4.69, 9.17) is 0 Å². The first-order valence-corrected chi connectivity index (χ1v) is 6.63. The molecule has 2 aromatic carbocycles. The van der Waals surface area contributed by atoms with Crippen LogP contribution in [0.4, 0.5) is 10.1 Å². The molecule has 0 atom stereocenters. The highest BCUT2D eigenvalue weighted by atomic mass is 32.2. The molecular formula is C14H10FNO4S. The van der Waals surface area contributed by atoms with Gasteiger partial charge < -0.3 is 4.74 Å². The standard InChI is InChI=1S/C14H10FNO4S/c1-20-14(17)10-7-13(12(16(18)19)8-11(10)15)21-9-5-3-2-4-6-9/h2-8H,1H3. The average molecular weight is 307 g/mol. The highest BCUT2D eigenvalue weighted by Gasteiger charge is 2.22. The minimum absolute atomic E-state index is 0.174. The monoisotopic (exact) mass is 307 g/mol. The fourth-order valence-electron chi connectivity index (χ4n) is 1.65. The second-order valence-electron chi connectivity index (χ2n) is 3.96. The zero-order valence-electron chi connectivity index (χ0n) is 10.9. The largest absolute Gasteiger partial charge is 0.465 e. The lowest BCUT2D eigenvalue weighted by Crippen LogP contribution is -2.06. The summed E-state index contributed by atoms with van der Waals surface area (Å²) in [7, 11) is 1.12. The van der Waals surface area contributed by atoms with Crippen LogP contribution in [-0.4, -0.2) is 18.0 Å². The molecule has 0 aliphatic heterocycles. The number of benzene rings is 2. The molecule has 0 radical (unpaired) electrons. The van der Waals surface area contributed by atoms with Crippen molar-refractivity contribution < 1.29 is 18.8 Å². The second kappa shape index (κ2) is 6.36. The van der Waals surface area contributed by atoms with Crippen molar-refractivity contribution in [3.05, 3.63) is 64.0 Å². The summed E-state index contributed by atoms with van der Waals surface area (Å²) < 4.78 is 18.2. The van der Waals surface area contributed by atoms with Gasteiger partial charge in [0, 0.05) is 4.90 Å². The van der Waals surface area contributed by atoms with E-state index in [0.717, 1.165) is 35.9 Å². The van der Waals surface area contributed by atoms with E-state index in [-0.39, 0.29) is 10.5 Å². The Balaban J connectivity index is 2.51. The van der Waals surface area contributed by atoms with Crippen LogP contribution in [0.25, 0.3) is 0 Å². The Kier molecular flexibility index (Phi) is 4.54. The van der Waals surface area contributed by atoms with Gasteiger partial charge in [0.25, 0.3) is 5.69 Å². The van der Waals surface area contributed by atoms with E-state index in [1.165, 1.54) is 0 Å². The molecule has 5 nitrogen and oxygen atoms in total. The molecule has 0 aromatic heterocycles. The van der Waals surface area contributed by atoms with Gasteiger partial charge >= 0.3 is 5.97 Å². The molecule has 0 unspecified atom stereocenters. The third-order valence-electron chi connectivity index (χ3n) is 2.62. The number of esters is 1. The quantitative estimate of drug-likeness (QED) is 0.489. The minimum atomic E-state index is -0.981. The normalized spacial score (nSPS) is 10.2. The van der Waals surface area contributed by atoms with Crippen molar-refractivity contribution in [1.82, 2.24) is 0 Å². The molecule has 0 saturated carbocycles. The number of methoxy groups -OCH3 is 1. The second-order valence-corrected chi connectivity index (χ2v) is 5.08. The molecule has 0 heterocycles. The molecular weight excluding hydrogens is 297 g/mol. The molecule has 0 aliphatic carbocycles. The number of hydrogen-bond acceptors (Lipinski definition) is 5. The van der Waals surface area contributed by atoms with Crippen molar-refractivity contribution in [3.8, 4) is 0 Å². The average Bonchev–Trinajstić information content (AvgIpc) is 2.48. The fourth-order valence-corrected chi connectivity index (χ4v) is 2.61. The summed E-state index contributed by atoms with van der Waals surface area (Å²) in [6, 6.07) is 10.8. The number of rotatable bonds is 4. The van der Waals surface area contributed by atoms with Crippen molar-refractivity contribution in [2.45, 2.75) is 9.79 Å². The SMILES string of the molecule is COC(=O)c1cc(Sc2ccccc2)c([N+](=O)[O-])cc1F. The maximum atomic E-state index is 13.8.